The zero-order valence-corrected chi connectivity index (χ0v) is 13.3. The van der Waals surface area contributed by atoms with Crippen molar-refractivity contribution in [3.63, 3.8) is 0 Å². The van der Waals surface area contributed by atoms with Crippen LogP contribution in [0.15, 0.2) is 84.9 Å². The fourth-order valence-electron chi connectivity index (χ4n) is 3.41. The van der Waals surface area contributed by atoms with E-state index in [1.165, 1.54) is 11.1 Å². The van der Waals surface area contributed by atoms with E-state index in [9.17, 15) is 5.11 Å². The first-order valence-corrected chi connectivity index (χ1v) is 8.23. The van der Waals surface area contributed by atoms with Gasteiger partial charge in [-0.2, -0.15) is 0 Å². The normalized spacial score (nSPS) is 21.0. The van der Waals surface area contributed by atoms with Crippen molar-refractivity contribution in [2.75, 3.05) is 0 Å². The van der Waals surface area contributed by atoms with E-state index in [1.54, 1.807) is 6.07 Å². The van der Waals surface area contributed by atoms with Crippen molar-refractivity contribution in [2.45, 2.75) is 18.2 Å². The molecule has 3 aromatic carbocycles. The van der Waals surface area contributed by atoms with Gasteiger partial charge in [-0.25, -0.2) is 0 Å². The van der Waals surface area contributed by atoms with Gasteiger partial charge in [0.15, 0.2) is 0 Å². The third kappa shape index (κ3) is 2.80. The predicted octanol–water partition coefficient (Wildman–Crippen LogP) is 4.07. The van der Waals surface area contributed by atoms with Gasteiger partial charge < -0.3 is 5.11 Å². The molecule has 0 amide bonds. The topological polar surface area (TPSA) is 44.3 Å². The Bertz CT molecular complexity index is 757. The summed E-state index contributed by atoms with van der Waals surface area (Å²) >= 11 is 0. The highest BCUT2D eigenvalue weighted by Gasteiger charge is 2.36. The van der Waals surface area contributed by atoms with Crippen LogP contribution < -0.4 is 10.6 Å². The van der Waals surface area contributed by atoms with Crippen molar-refractivity contribution < 1.29 is 5.11 Å². The minimum atomic E-state index is -0.0957. The Kier molecular flexibility index (Phi) is 4.03. The molecule has 0 aromatic heterocycles. The average molecular weight is 316 g/mol. The van der Waals surface area contributed by atoms with Crippen LogP contribution in [0.4, 0.5) is 0 Å². The highest BCUT2D eigenvalue weighted by atomic mass is 16.3. The number of phenols is 1. The molecule has 24 heavy (non-hydrogen) atoms. The first-order chi connectivity index (χ1) is 11.8. The van der Waals surface area contributed by atoms with Gasteiger partial charge >= 0.3 is 0 Å². The molecule has 1 heterocycles. The molecule has 3 nitrogen and oxygen atoms in total. The van der Waals surface area contributed by atoms with Gasteiger partial charge in [0.25, 0.3) is 0 Å². The third-order valence-electron chi connectivity index (χ3n) is 4.59. The van der Waals surface area contributed by atoms with Gasteiger partial charge in [0.1, 0.15) is 5.75 Å². The second-order valence-corrected chi connectivity index (χ2v) is 6.10. The van der Waals surface area contributed by atoms with Crippen LogP contribution in [0.25, 0.3) is 0 Å². The summed E-state index contributed by atoms with van der Waals surface area (Å²) in [6, 6.07) is 28.6. The molecule has 1 aliphatic heterocycles. The summed E-state index contributed by atoms with van der Waals surface area (Å²) in [6.45, 7) is 0. The zero-order valence-electron chi connectivity index (χ0n) is 13.3. The van der Waals surface area contributed by atoms with Gasteiger partial charge in [-0.05, 0) is 17.2 Å². The van der Waals surface area contributed by atoms with Gasteiger partial charge in [-0.1, -0.05) is 78.9 Å². The van der Waals surface area contributed by atoms with Crippen LogP contribution in [0, 0.1) is 0 Å². The second kappa shape index (κ2) is 6.48. The highest BCUT2D eigenvalue weighted by molar-refractivity contribution is 5.37. The number of benzene rings is 3. The minimum absolute atomic E-state index is 0.0957. The van der Waals surface area contributed by atoms with Crippen molar-refractivity contribution in [1.82, 2.24) is 10.6 Å². The fraction of sp³-hybridized carbons (Fsp3) is 0.143. The molecule has 0 saturated carbocycles. The van der Waals surface area contributed by atoms with Gasteiger partial charge in [0.2, 0.25) is 0 Å². The van der Waals surface area contributed by atoms with E-state index in [-0.39, 0.29) is 18.2 Å². The lowest BCUT2D eigenvalue weighted by atomic mass is 9.95. The van der Waals surface area contributed by atoms with Crippen LogP contribution in [0.5, 0.6) is 5.75 Å². The molecule has 0 bridgehead atoms. The molecule has 120 valence electrons. The lowest BCUT2D eigenvalue weighted by Crippen LogP contribution is -2.22. The molecule has 1 aliphatic rings. The molecular formula is C21H20N2O. The maximum atomic E-state index is 10.2. The number of rotatable bonds is 3. The predicted molar refractivity (Wildman–Crippen MR) is 95.5 cm³/mol. The Balaban J connectivity index is 1.72. The number of para-hydroxylation sites is 1. The summed E-state index contributed by atoms with van der Waals surface area (Å²) in [6.07, 6.45) is -0.0957. The van der Waals surface area contributed by atoms with Crippen LogP contribution >= 0.6 is 0 Å². The maximum Gasteiger partial charge on any atom is 0.121 e. The van der Waals surface area contributed by atoms with Crippen LogP contribution in [-0.2, 0) is 0 Å². The molecule has 2 atom stereocenters. The van der Waals surface area contributed by atoms with Crippen molar-refractivity contribution in [3.05, 3.63) is 102 Å². The summed E-state index contributed by atoms with van der Waals surface area (Å²) < 4.78 is 0. The Morgan fingerprint density at radius 1 is 0.583 bits per heavy atom. The standard InChI is InChI=1S/C21H20N2O/c24-18-14-8-7-13-17(18)21-22-19(15-9-3-1-4-10-15)20(23-21)16-11-5-2-6-12-16/h1-14,19-24H/t19-,20-/m0/s1. The minimum Gasteiger partial charge on any atom is -0.508 e. The van der Waals surface area contributed by atoms with E-state index in [1.807, 2.05) is 30.3 Å². The lowest BCUT2D eigenvalue weighted by Gasteiger charge is -2.19. The van der Waals surface area contributed by atoms with Gasteiger partial charge in [-0.15, -0.1) is 0 Å². The third-order valence-corrected chi connectivity index (χ3v) is 4.59. The Labute approximate surface area is 142 Å². The summed E-state index contributed by atoms with van der Waals surface area (Å²) in [5.74, 6) is 0.308. The first kappa shape index (κ1) is 14.9. The maximum absolute atomic E-state index is 10.2. The van der Waals surface area contributed by atoms with Gasteiger partial charge in [0.05, 0.1) is 18.2 Å². The smallest absolute Gasteiger partial charge is 0.121 e. The molecule has 3 heteroatoms. The van der Waals surface area contributed by atoms with Crippen molar-refractivity contribution in [2.24, 2.45) is 0 Å². The van der Waals surface area contributed by atoms with Gasteiger partial charge in [0, 0.05) is 5.56 Å². The first-order valence-electron chi connectivity index (χ1n) is 8.23. The van der Waals surface area contributed by atoms with Crippen LogP contribution in [0.2, 0.25) is 0 Å². The van der Waals surface area contributed by atoms with E-state index < -0.39 is 0 Å². The monoisotopic (exact) mass is 316 g/mol. The van der Waals surface area contributed by atoms with E-state index >= 15 is 0 Å². The van der Waals surface area contributed by atoms with Crippen molar-refractivity contribution in [1.29, 1.82) is 0 Å². The summed E-state index contributed by atoms with van der Waals surface area (Å²) in [7, 11) is 0. The number of nitrogens with one attached hydrogen (secondary N) is 2. The molecule has 3 N–H and O–H groups in total. The van der Waals surface area contributed by atoms with Crippen LogP contribution in [-0.4, -0.2) is 5.11 Å². The summed E-state index contributed by atoms with van der Waals surface area (Å²) in [4.78, 5) is 0. The Hall–Kier alpha value is -2.62. The average Bonchev–Trinajstić information content (AvgIpc) is 3.09. The summed E-state index contributed by atoms with van der Waals surface area (Å²) in [5, 5.41) is 17.5. The second-order valence-electron chi connectivity index (χ2n) is 6.10. The fourth-order valence-corrected chi connectivity index (χ4v) is 3.41. The highest BCUT2D eigenvalue weighted by Crippen LogP contribution is 2.39. The van der Waals surface area contributed by atoms with E-state index in [0.29, 0.717) is 5.75 Å². The van der Waals surface area contributed by atoms with E-state index in [4.69, 9.17) is 0 Å². The number of aromatic hydroxyl groups is 1. The molecule has 0 radical (unpaired) electrons. The molecule has 0 aliphatic carbocycles. The Morgan fingerprint density at radius 2 is 1.04 bits per heavy atom. The summed E-state index contributed by atoms with van der Waals surface area (Å²) in [5.41, 5.74) is 3.34. The zero-order chi connectivity index (χ0) is 16.4. The molecule has 4 rings (SSSR count). The van der Waals surface area contributed by atoms with E-state index in [0.717, 1.165) is 5.56 Å². The molecule has 3 aromatic rings. The van der Waals surface area contributed by atoms with E-state index in [2.05, 4.69) is 59.2 Å². The molecule has 1 fully saturated rings. The van der Waals surface area contributed by atoms with Crippen molar-refractivity contribution >= 4 is 0 Å². The number of hydrogen-bond acceptors (Lipinski definition) is 3. The quantitative estimate of drug-likeness (QED) is 0.682. The number of hydrogen-bond donors (Lipinski definition) is 3. The lowest BCUT2D eigenvalue weighted by molar-refractivity contribution is 0.446. The number of phenolic OH excluding ortho intramolecular Hbond substituents is 1. The molecule has 0 spiro atoms. The molecule has 1 saturated heterocycles. The largest absolute Gasteiger partial charge is 0.508 e. The van der Waals surface area contributed by atoms with Crippen LogP contribution in [0.3, 0.4) is 0 Å². The Morgan fingerprint density at radius 3 is 1.54 bits per heavy atom. The van der Waals surface area contributed by atoms with Crippen molar-refractivity contribution in [3.8, 4) is 5.75 Å². The van der Waals surface area contributed by atoms with Crippen LogP contribution in [0.1, 0.15) is 34.9 Å². The molecular weight excluding hydrogens is 296 g/mol. The van der Waals surface area contributed by atoms with Gasteiger partial charge in [-0.3, -0.25) is 10.6 Å². The molecule has 0 unspecified atom stereocenters. The SMILES string of the molecule is Oc1ccccc1C1N[C@@H](c2ccccc2)[C@H](c2ccccc2)N1.